The first-order chi connectivity index (χ1) is 28.2. The Morgan fingerprint density at radius 1 is 0.534 bits per heavy atom. The number of hydrogen-bond donors (Lipinski definition) is 0. The van der Waals surface area contributed by atoms with Crippen LogP contribution in [0.4, 0.5) is 0 Å². The van der Waals surface area contributed by atoms with Crippen LogP contribution in [0.15, 0.2) is 6.20 Å². The Labute approximate surface area is 348 Å². The fourth-order valence-corrected chi connectivity index (χ4v) is 6.45. The second kappa shape index (κ2) is 33.2. The van der Waals surface area contributed by atoms with Crippen LogP contribution < -0.4 is 0 Å². The van der Waals surface area contributed by atoms with Crippen LogP contribution in [-0.4, -0.2) is 226 Å². The third-order valence-electron chi connectivity index (χ3n) is 9.93. The SMILES string of the molecule is COCC(COCC(COCC(COCC(COCC(COCC(COCCOCCn1cc(C[N+](C)(C)CC2CCCC2)nn1)OC)OC)OC)OC)OC)OC. The Kier molecular flexibility index (Phi) is 30.2. The maximum absolute atomic E-state index is 5.87. The van der Waals surface area contributed by atoms with Gasteiger partial charge in [0.25, 0.3) is 0 Å². The molecule has 0 amide bonds. The quantitative estimate of drug-likeness (QED) is 0.0696. The predicted octanol–water partition coefficient (Wildman–Crippen LogP) is 1.90. The third-order valence-corrected chi connectivity index (χ3v) is 9.93. The van der Waals surface area contributed by atoms with Gasteiger partial charge >= 0.3 is 0 Å². The molecule has 18 nitrogen and oxygen atoms in total. The average Bonchev–Trinajstić information content (AvgIpc) is 3.90. The first-order valence-corrected chi connectivity index (χ1v) is 20.6. The minimum Gasteiger partial charge on any atom is -0.382 e. The maximum atomic E-state index is 5.87. The highest BCUT2D eigenvalue weighted by Gasteiger charge is 2.26. The van der Waals surface area contributed by atoms with E-state index in [0.717, 1.165) is 22.6 Å². The summed E-state index contributed by atoms with van der Waals surface area (Å²) in [5.74, 6) is 0.834. The molecule has 2 rings (SSSR count). The fourth-order valence-electron chi connectivity index (χ4n) is 6.45. The molecule has 1 aliphatic carbocycles. The van der Waals surface area contributed by atoms with Gasteiger partial charge in [-0.3, -0.25) is 0 Å². The van der Waals surface area contributed by atoms with Crippen molar-refractivity contribution in [2.24, 2.45) is 5.92 Å². The molecule has 1 heterocycles. The zero-order valence-electron chi connectivity index (χ0n) is 37.2. The van der Waals surface area contributed by atoms with E-state index in [-0.39, 0.29) is 36.6 Å². The van der Waals surface area contributed by atoms with Gasteiger partial charge in [-0.15, -0.1) is 5.10 Å². The number of ether oxygens (including phenoxy) is 14. The van der Waals surface area contributed by atoms with Crippen molar-refractivity contribution in [2.45, 2.75) is 75.4 Å². The van der Waals surface area contributed by atoms with E-state index in [2.05, 4.69) is 24.4 Å². The van der Waals surface area contributed by atoms with Gasteiger partial charge < -0.3 is 70.8 Å². The molecular formula is C40H79N4O14+. The van der Waals surface area contributed by atoms with E-state index in [1.807, 2.05) is 10.9 Å². The standard InChI is InChI=1S/C40H79N4O14/c1-44(2,19-33-12-10-11-13-33)20-34-18-43(42-41-34)14-15-52-16-17-53-22-36(47-5)24-55-26-38(49-7)28-57-30-40(51-9)32-58-31-39(50-8)29-56-27-37(48-6)25-54-23-35(46-4)21-45-3/h18,33,35-40H,10-17,19-32H2,1-9H3/q+1. The topological polar surface area (TPSA) is 160 Å². The van der Waals surface area contributed by atoms with Gasteiger partial charge in [-0.05, 0) is 12.8 Å². The van der Waals surface area contributed by atoms with Gasteiger partial charge in [0.1, 0.15) is 48.9 Å². The van der Waals surface area contributed by atoms with Crippen LogP contribution in [0.25, 0.3) is 0 Å². The van der Waals surface area contributed by atoms with Crippen LogP contribution in [0.2, 0.25) is 0 Å². The van der Waals surface area contributed by atoms with E-state index in [1.54, 1.807) is 49.8 Å². The number of aromatic nitrogens is 3. The van der Waals surface area contributed by atoms with Crippen molar-refractivity contribution in [1.82, 2.24) is 15.0 Å². The van der Waals surface area contributed by atoms with E-state index in [4.69, 9.17) is 66.3 Å². The van der Waals surface area contributed by atoms with Crippen molar-refractivity contribution >= 4 is 0 Å². The summed E-state index contributed by atoms with van der Waals surface area (Å²) in [6.45, 7) is 8.46. The zero-order chi connectivity index (χ0) is 42.3. The lowest BCUT2D eigenvalue weighted by atomic mass is 10.1. The van der Waals surface area contributed by atoms with Gasteiger partial charge in [-0.25, -0.2) is 4.68 Å². The van der Waals surface area contributed by atoms with E-state index < -0.39 is 0 Å². The molecule has 1 aliphatic rings. The molecular weight excluding hydrogens is 760 g/mol. The predicted molar refractivity (Wildman–Crippen MR) is 215 cm³/mol. The Balaban J connectivity index is 1.51. The van der Waals surface area contributed by atoms with Gasteiger partial charge in [0, 0.05) is 55.7 Å². The molecule has 0 aromatic carbocycles. The lowest BCUT2D eigenvalue weighted by molar-refractivity contribution is -0.907. The molecule has 6 atom stereocenters. The van der Waals surface area contributed by atoms with Gasteiger partial charge in [0.2, 0.25) is 0 Å². The van der Waals surface area contributed by atoms with Crippen LogP contribution in [-0.2, 0) is 79.4 Å². The van der Waals surface area contributed by atoms with E-state index in [9.17, 15) is 0 Å². The van der Waals surface area contributed by atoms with Crippen molar-refractivity contribution in [1.29, 1.82) is 0 Å². The second-order valence-corrected chi connectivity index (χ2v) is 15.4. The van der Waals surface area contributed by atoms with Gasteiger partial charge in [0.15, 0.2) is 0 Å². The summed E-state index contributed by atoms with van der Waals surface area (Å²) in [4.78, 5) is 0. The molecule has 6 unspecified atom stereocenters. The molecule has 0 bridgehead atoms. The molecule has 1 fully saturated rings. The van der Waals surface area contributed by atoms with Crippen LogP contribution in [0.5, 0.6) is 0 Å². The molecule has 0 radical (unpaired) electrons. The molecule has 0 saturated heterocycles. The van der Waals surface area contributed by atoms with Crippen LogP contribution in [0.1, 0.15) is 31.4 Å². The van der Waals surface area contributed by atoms with Crippen molar-refractivity contribution in [3.8, 4) is 0 Å². The summed E-state index contributed by atoms with van der Waals surface area (Å²) in [7, 11) is 15.9. The van der Waals surface area contributed by atoms with Gasteiger partial charge in [-0.2, -0.15) is 0 Å². The van der Waals surface area contributed by atoms with Crippen LogP contribution >= 0.6 is 0 Å². The van der Waals surface area contributed by atoms with Crippen molar-refractivity contribution in [2.75, 3.05) is 170 Å². The smallest absolute Gasteiger partial charge is 0.137 e. The average molecular weight is 840 g/mol. The van der Waals surface area contributed by atoms with Crippen LogP contribution in [0.3, 0.4) is 0 Å². The van der Waals surface area contributed by atoms with Crippen molar-refractivity contribution in [3.63, 3.8) is 0 Å². The van der Waals surface area contributed by atoms with Crippen molar-refractivity contribution in [3.05, 3.63) is 11.9 Å². The first-order valence-electron chi connectivity index (χ1n) is 20.6. The molecule has 0 N–H and O–H groups in total. The highest BCUT2D eigenvalue weighted by atomic mass is 16.6. The van der Waals surface area contributed by atoms with Crippen LogP contribution in [0, 0.1) is 5.92 Å². The highest BCUT2D eigenvalue weighted by Crippen LogP contribution is 2.27. The molecule has 18 heteroatoms. The molecule has 1 aromatic rings. The van der Waals surface area contributed by atoms with E-state index >= 15 is 0 Å². The minimum absolute atomic E-state index is 0.135. The minimum atomic E-state index is -0.275. The Hall–Kier alpha value is -1.46. The first kappa shape index (κ1) is 52.7. The Morgan fingerprint density at radius 2 is 0.914 bits per heavy atom. The van der Waals surface area contributed by atoms with Gasteiger partial charge in [0.05, 0.1) is 132 Å². The number of nitrogens with zero attached hydrogens (tertiary/aromatic N) is 4. The Morgan fingerprint density at radius 3 is 1.31 bits per heavy atom. The second-order valence-electron chi connectivity index (χ2n) is 15.4. The lowest BCUT2D eigenvalue weighted by Crippen LogP contribution is -2.42. The summed E-state index contributed by atoms with van der Waals surface area (Å²) in [6, 6.07) is 0. The number of quaternary nitrogens is 1. The number of hydrogen-bond acceptors (Lipinski definition) is 16. The summed E-state index contributed by atoms with van der Waals surface area (Å²) < 4.78 is 81.5. The molecule has 58 heavy (non-hydrogen) atoms. The summed E-state index contributed by atoms with van der Waals surface area (Å²) in [5.41, 5.74) is 1.02. The summed E-state index contributed by atoms with van der Waals surface area (Å²) in [6.07, 6.45) is 6.09. The molecule has 342 valence electrons. The molecule has 0 spiro atoms. The Bertz CT molecular complexity index is 1090. The molecule has 1 saturated carbocycles. The van der Waals surface area contributed by atoms with Gasteiger partial charge in [-0.1, -0.05) is 18.1 Å². The zero-order valence-corrected chi connectivity index (χ0v) is 37.2. The summed E-state index contributed by atoms with van der Waals surface area (Å²) >= 11 is 0. The largest absolute Gasteiger partial charge is 0.382 e. The molecule has 1 aromatic heterocycles. The lowest BCUT2D eigenvalue weighted by Gasteiger charge is -2.31. The van der Waals surface area contributed by atoms with E-state index in [0.29, 0.717) is 106 Å². The van der Waals surface area contributed by atoms with E-state index in [1.165, 1.54) is 32.2 Å². The number of rotatable bonds is 40. The maximum Gasteiger partial charge on any atom is 0.137 e. The normalized spacial score (nSPS) is 17.1. The van der Waals surface area contributed by atoms with Crippen molar-refractivity contribution < 1.29 is 70.8 Å². The monoisotopic (exact) mass is 840 g/mol. The third kappa shape index (κ3) is 24.7. The number of methoxy groups -OCH3 is 7. The fraction of sp³-hybridized carbons (Fsp3) is 0.950. The molecule has 0 aliphatic heterocycles. The highest BCUT2D eigenvalue weighted by molar-refractivity contribution is 4.89. The summed E-state index contributed by atoms with van der Waals surface area (Å²) in [5, 5.41) is 8.68.